The molecular formula is C14H16BrN3O4. The lowest BCUT2D eigenvalue weighted by molar-refractivity contribution is 0.0604. The third-order valence-electron chi connectivity index (χ3n) is 2.61. The number of rotatable bonds is 2. The van der Waals surface area contributed by atoms with Gasteiger partial charge in [0.15, 0.2) is 5.82 Å². The minimum atomic E-state index is -0.694. The molecule has 118 valence electrons. The number of esters is 1. The van der Waals surface area contributed by atoms with Crippen LogP contribution < -0.4 is 5.32 Å². The third-order valence-corrected chi connectivity index (χ3v) is 3.10. The van der Waals surface area contributed by atoms with Gasteiger partial charge in [0.2, 0.25) is 0 Å². The van der Waals surface area contributed by atoms with Crippen molar-refractivity contribution in [1.29, 1.82) is 0 Å². The van der Waals surface area contributed by atoms with E-state index < -0.39 is 17.7 Å². The van der Waals surface area contributed by atoms with Crippen molar-refractivity contribution < 1.29 is 19.1 Å². The van der Waals surface area contributed by atoms with Gasteiger partial charge >= 0.3 is 12.1 Å². The molecule has 2 aromatic heterocycles. The molecule has 0 aliphatic rings. The van der Waals surface area contributed by atoms with E-state index in [0.29, 0.717) is 5.52 Å². The first-order valence-corrected chi connectivity index (χ1v) is 7.27. The maximum absolute atomic E-state index is 12.0. The van der Waals surface area contributed by atoms with Crippen LogP contribution in [0.25, 0.3) is 5.52 Å². The number of halogens is 1. The Labute approximate surface area is 135 Å². The zero-order chi connectivity index (χ0) is 16.5. The molecule has 0 spiro atoms. The summed E-state index contributed by atoms with van der Waals surface area (Å²) in [5, 5.41) is 6.66. The maximum atomic E-state index is 12.0. The van der Waals surface area contributed by atoms with Crippen LogP contribution in [0.3, 0.4) is 0 Å². The summed E-state index contributed by atoms with van der Waals surface area (Å²) in [6.07, 6.45) is 0.965. The predicted octanol–water partition coefficient (Wildman–Crippen LogP) is 3.23. The van der Waals surface area contributed by atoms with E-state index in [1.165, 1.54) is 11.6 Å². The first-order valence-electron chi connectivity index (χ1n) is 6.47. The number of carbonyl (C=O) groups excluding carboxylic acids is 2. The maximum Gasteiger partial charge on any atom is 0.413 e. The molecule has 0 bridgehead atoms. The first kappa shape index (κ1) is 16.3. The average molecular weight is 370 g/mol. The number of anilines is 1. The van der Waals surface area contributed by atoms with Gasteiger partial charge in [0.05, 0.1) is 12.6 Å². The fraction of sp³-hybridized carbons (Fsp3) is 0.357. The van der Waals surface area contributed by atoms with E-state index >= 15 is 0 Å². The second-order valence-corrected chi connectivity index (χ2v) is 6.43. The van der Waals surface area contributed by atoms with E-state index in [4.69, 9.17) is 9.47 Å². The van der Waals surface area contributed by atoms with E-state index in [1.807, 2.05) is 0 Å². The predicted molar refractivity (Wildman–Crippen MR) is 84.1 cm³/mol. The Hall–Kier alpha value is -2.09. The molecule has 0 saturated heterocycles. The second-order valence-electron chi connectivity index (χ2n) is 5.52. The van der Waals surface area contributed by atoms with Crippen LogP contribution in [0, 0.1) is 0 Å². The van der Waals surface area contributed by atoms with E-state index in [-0.39, 0.29) is 11.4 Å². The van der Waals surface area contributed by atoms with Crippen LogP contribution in [0.2, 0.25) is 0 Å². The Morgan fingerprint density at radius 1 is 1.36 bits per heavy atom. The minimum Gasteiger partial charge on any atom is -0.465 e. The van der Waals surface area contributed by atoms with Crippen LogP contribution in [0.15, 0.2) is 22.8 Å². The molecule has 0 unspecified atom stereocenters. The van der Waals surface area contributed by atoms with E-state index in [1.54, 1.807) is 39.1 Å². The Morgan fingerprint density at radius 3 is 2.64 bits per heavy atom. The van der Waals surface area contributed by atoms with Crippen LogP contribution in [0.5, 0.6) is 0 Å². The summed E-state index contributed by atoms with van der Waals surface area (Å²) in [5.74, 6) is -0.515. The van der Waals surface area contributed by atoms with Gasteiger partial charge in [0.25, 0.3) is 0 Å². The summed E-state index contributed by atoms with van der Waals surface area (Å²) in [5.41, 5.74) is 0.0134. The van der Waals surface area contributed by atoms with Gasteiger partial charge in [-0.15, -0.1) is 5.10 Å². The van der Waals surface area contributed by atoms with E-state index in [2.05, 4.69) is 26.3 Å². The highest BCUT2D eigenvalue weighted by molar-refractivity contribution is 9.10. The fourth-order valence-corrected chi connectivity index (χ4v) is 2.15. The lowest BCUT2D eigenvalue weighted by Crippen LogP contribution is -2.27. The van der Waals surface area contributed by atoms with Gasteiger partial charge in [-0.1, -0.05) is 15.9 Å². The molecule has 8 heteroatoms. The van der Waals surface area contributed by atoms with Crippen molar-refractivity contribution in [3.05, 3.63) is 28.4 Å². The molecule has 0 saturated carbocycles. The highest BCUT2D eigenvalue weighted by atomic mass is 79.9. The SMILES string of the molecule is COC(=O)c1c(NC(=O)OC(C)(C)C)nn2ccc(Br)cc12. The Kier molecular flexibility index (Phi) is 4.41. The van der Waals surface area contributed by atoms with Crippen molar-refractivity contribution in [2.75, 3.05) is 12.4 Å². The molecule has 0 fully saturated rings. The topological polar surface area (TPSA) is 81.9 Å². The number of pyridine rings is 1. The number of nitrogens with one attached hydrogen (secondary N) is 1. The normalized spacial score (nSPS) is 11.3. The van der Waals surface area contributed by atoms with Crippen molar-refractivity contribution in [1.82, 2.24) is 9.61 Å². The van der Waals surface area contributed by atoms with Crippen LogP contribution in [-0.4, -0.2) is 34.4 Å². The summed E-state index contributed by atoms with van der Waals surface area (Å²) in [7, 11) is 1.26. The number of carbonyl (C=O) groups is 2. The Morgan fingerprint density at radius 2 is 2.05 bits per heavy atom. The van der Waals surface area contributed by atoms with Crippen molar-refractivity contribution in [3.63, 3.8) is 0 Å². The summed E-state index contributed by atoms with van der Waals surface area (Å²) in [6.45, 7) is 5.23. The highest BCUT2D eigenvalue weighted by Crippen LogP contribution is 2.24. The van der Waals surface area contributed by atoms with Crippen molar-refractivity contribution in [3.8, 4) is 0 Å². The van der Waals surface area contributed by atoms with Crippen molar-refractivity contribution >= 4 is 39.3 Å². The van der Waals surface area contributed by atoms with Gasteiger partial charge in [-0.2, -0.15) is 0 Å². The van der Waals surface area contributed by atoms with E-state index in [9.17, 15) is 9.59 Å². The quantitative estimate of drug-likeness (QED) is 0.821. The second kappa shape index (κ2) is 5.96. The molecule has 2 aromatic rings. The molecule has 0 atom stereocenters. The first-order chi connectivity index (χ1) is 10.2. The third kappa shape index (κ3) is 3.56. The Bertz CT molecular complexity index is 733. The van der Waals surface area contributed by atoms with Gasteiger partial charge in [-0.05, 0) is 32.9 Å². The number of hydrogen-bond acceptors (Lipinski definition) is 5. The largest absolute Gasteiger partial charge is 0.465 e. The standard InChI is InChI=1S/C14H16BrN3O4/c1-14(2,3)22-13(20)16-11-10(12(19)21-4)9-7-8(15)5-6-18(9)17-11/h5-7H,1-4H3,(H,16,17,20). The molecule has 0 aliphatic heterocycles. The lowest BCUT2D eigenvalue weighted by atomic mass is 10.2. The highest BCUT2D eigenvalue weighted by Gasteiger charge is 2.24. The van der Waals surface area contributed by atoms with Crippen LogP contribution in [0.4, 0.5) is 10.6 Å². The molecule has 1 N–H and O–H groups in total. The molecular weight excluding hydrogens is 354 g/mol. The lowest BCUT2D eigenvalue weighted by Gasteiger charge is -2.19. The number of ether oxygens (including phenoxy) is 2. The number of amides is 1. The molecule has 1 amide bonds. The molecule has 0 aliphatic carbocycles. The zero-order valence-electron chi connectivity index (χ0n) is 12.6. The minimum absolute atomic E-state index is 0.0826. The number of nitrogens with zero attached hydrogens (tertiary/aromatic N) is 2. The number of hydrogen-bond donors (Lipinski definition) is 1. The zero-order valence-corrected chi connectivity index (χ0v) is 14.2. The molecule has 7 nitrogen and oxygen atoms in total. The molecule has 0 radical (unpaired) electrons. The molecule has 0 aromatic carbocycles. The van der Waals surface area contributed by atoms with Gasteiger partial charge < -0.3 is 9.47 Å². The molecule has 2 heterocycles. The van der Waals surface area contributed by atoms with Gasteiger partial charge in [-0.25, -0.2) is 14.1 Å². The van der Waals surface area contributed by atoms with Gasteiger partial charge in [0.1, 0.15) is 11.2 Å². The summed E-state index contributed by atoms with van der Waals surface area (Å²) >= 11 is 3.33. The molecule has 22 heavy (non-hydrogen) atoms. The average Bonchev–Trinajstić information content (AvgIpc) is 2.72. The summed E-state index contributed by atoms with van der Waals surface area (Å²) in [4.78, 5) is 23.9. The van der Waals surface area contributed by atoms with Crippen LogP contribution >= 0.6 is 15.9 Å². The Balaban J connectivity index is 2.44. The van der Waals surface area contributed by atoms with E-state index in [0.717, 1.165) is 4.47 Å². The van der Waals surface area contributed by atoms with Gasteiger partial charge in [-0.3, -0.25) is 5.32 Å². The smallest absolute Gasteiger partial charge is 0.413 e. The number of fused-ring (bicyclic) bond motifs is 1. The fourth-order valence-electron chi connectivity index (χ4n) is 1.81. The monoisotopic (exact) mass is 369 g/mol. The number of methoxy groups -OCH3 is 1. The van der Waals surface area contributed by atoms with Crippen LogP contribution in [0.1, 0.15) is 31.1 Å². The van der Waals surface area contributed by atoms with Crippen LogP contribution in [-0.2, 0) is 9.47 Å². The van der Waals surface area contributed by atoms with Crippen molar-refractivity contribution in [2.45, 2.75) is 26.4 Å². The summed E-state index contributed by atoms with van der Waals surface area (Å²) in [6, 6.07) is 3.47. The van der Waals surface area contributed by atoms with Gasteiger partial charge in [0, 0.05) is 10.7 Å². The van der Waals surface area contributed by atoms with Crippen molar-refractivity contribution in [2.24, 2.45) is 0 Å². The molecule has 2 rings (SSSR count). The number of aromatic nitrogens is 2. The summed E-state index contributed by atoms with van der Waals surface area (Å²) < 4.78 is 12.2.